The highest BCUT2D eigenvalue weighted by atomic mass is 32.2. The third-order valence-electron chi connectivity index (χ3n) is 3.12. The second-order valence-corrected chi connectivity index (χ2v) is 6.09. The van der Waals surface area contributed by atoms with Gasteiger partial charge in [0, 0.05) is 11.4 Å². The number of benzene rings is 2. The van der Waals surface area contributed by atoms with Crippen molar-refractivity contribution in [3.63, 3.8) is 0 Å². The maximum atomic E-state index is 12.3. The Morgan fingerprint density at radius 1 is 1.15 bits per heavy atom. The molecule has 0 fully saturated rings. The van der Waals surface area contributed by atoms with Crippen LogP contribution in [0.5, 0.6) is 0 Å². The second kappa shape index (κ2) is 5.46. The molecule has 0 spiro atoms. The topological polar surface area (TPSA) is 71.8 Å². The molecule has 20 heavy (non-hydrogen) atoms. The van der Waals surface area contributed by atoms with Crippen LogP contribution in [0.3, 0.4) is 0 Å². The summed E-state index contributed by atoms with van der Waals surface area (Å²) in [6.45, 7) is 0. The Morgan fingerprint density at radius 3 is 2.75 bits per heavy atom. The molecule has 0 aliphatic carbocycles. The predicted octanol–water partition coefficient (Wildman–Crippen LogP) is 2.50. The van der Waals surface area contributed by atoms with Crippen LogP contribution in [0.2, 0.25) is 0 Å². The molecule has 102 valence electrons. The molecule has 0 radical (unpaired) electrons. The van der Waals surface area contributed by atoms with E-state index in [0.717, 1.165) is 17.5 Å². The Balaban J connectivity index is 1.75. The van der Waals surface area contributed by atoms with Gasteiger partial charge in [-0.2, -0.15) is 0 Å². The molecule has 1 aromatic heterocycles. The van der Waals surface area contributed by atoms with Crippen LogP contribution in [-0.4, -0.2) is 19.9 Å². The first-order chi connectivity index (χ1) is 9.72. The number of nitrogens with one attached hydrogen (secondary N) is 1. The largest absolute Gasteiger partial charge is 0.399 e. The van der Waals surface area contributed by atoms with E-state index in [-0.39, 0.29) is 0 Å². The van der Waals surface area contributed by atoms with Crippen LogP contribution in [0, 0.1) is 0 Å². The van der Waals surface area contributed by atoms with Crippen LogP contribution in [0.25, 0.3) is 11.0 Å². The van der Waals surface area contributed by atoms with Crippen molar-refractivity contribution in [2.45, 2.75) is 11.6 Å². The number of aromatic nitrogens is 2. The van der Waals surface area contributed by atoms with Gasteiger partial charge in [0.15, 0.2) is 5.16 Å². The number of anilines is 1. The van der Waals surface area contributed by atoms with Crippen LogP contribution in [0.1, 0.15) is 5.56 Å². The minimum atomic E-state index is -1.13. The van der Waals surface area contributed by atoms with Crippen LogP contribution < -0.4 is 5.73 Å². The standard InChI is InChI=1S/C15H15N3OS/c16-12-6-7-13-14(10-12)18-15(17-13)20(19)9-8-11-4-2-1-3-5-11/h1-7,10H,8-9,16H2,(H,17,18). The Hall–Kier alpha value is -2.14. The van der Waals surface area contributed by atoms with Gasteiger partial charge in [0.05, 0.1) is 21.8 Å². The van der Waals surface area contributed by atoms with E-state index in [2.05, 4.69) is 9.97 Å². The number of nitrogens with two attached hydrogens (primary N) is 1. The van der Waals surface area contributed by atoms with Crippen molar-refractivity contribution in [2.75, 3.05) is 11.5 Å². The van der Waals surface area contributed by atoms with Gasteiger partial charge in [-0.15, -0.1) is 0 Å². The number of fused-ring (bicyclic) bond motifs is 1. The van der Waals surface area contributed by atoms with E-state index < -0.39 is 10.8 Å². The number of rotatable bonds is 4. The van der Waals surface area contributed by atoms with Gasteiger partial charge in [-0.25, -0.2) is 4.98 Å². The van der Waals surface area contributed by atoms with E-state index in [0.29, 0.717) is 16.6 Å². The third kappa shape index (κ3) is 2.72. The van der Waals surface area contributed by atoms with Crippen LogP contribution in [0.4, 0.5) is 5.69 Å². The summed E-state index contributed by atoms with van der Waals surface area (Å²) in [5.41, 5.74) is 9.19. The fourth-order valence-electron chi connectivity index (χ4n) is 2.06. The number of imidazole rings is 1. The molecule has 1 unspecified atom stereocenters. The zero-order valence-electron chi connectivity index (χ0n) is 10.9. The lowest BCUT2D eigenvalue weighted by Gasteiger charge is -1.99. The zero-order chi connectivity index (χ0) is 13.9. The maximum Gasteiger partial charge on any atom is 0.197 e. The third-order valence-corrected chi connectivity index (χ3v) is 4.32. The van der Waals surface area contributed by atoms with E-state index in [1.165, 1.54) is 5.56 Å². The Kier molecular flexibility index (Phi) is 3.52. The summed E-state index contributed by atoms with van der Waals surface area (Å²) in [6, 6.07) is 15.5. The molecule has 5 heteroatoms. The number of H-pyrrole nitrogens is 1. The first-order valence-electron chi connectivity index (χ1n) is 6.40. The Morgan fingerprint density at radius 2 is 1.95 bits per heavy atom. The number of nitrogens with zero attached hydrogens (tertiary/aromatic N) is 1. The zero-order valence-corrected chi connectivity index (χ0v) is 11.7. The predicted molar refractivity (Wildman–Crippen MR) is 81.9 cm³/mol. The fourth-order valence-corrected chi connectivity index (χ4v) is 3.10. The summed E-state index contributed by atoms with van der Waals surface area (Å²) in [5, 5.41) is 0.515. The molecule has 1 heterocycles. The molecule has 0 bridgehead atoms. The number of aryl methyl sites for hydroxylation is 1. The van der Waals surface area contributed by atoms with E-state index in [1.54, 1.807) is 12.1 Å². The van der Waals surface area contributed by atoms with Crippen LogP contribution >= 0.6 is 0 Å². The highest BCUT2D eigenvalue weighted by Crippen LogP contribution is 2.17. The Labute approximate surface area is 119 Å². The molecule has 0 aliphatic rings. The van der Waals surface area contributed by atoms with Crippen molar-refractivity contribution >= 4 is 27.5 Å². The highest BCUT2D eigenvalue weighted by Gasteiger charge is 2.10. The lowest BCUT2D eigenvalue weighted by atomic mass is 10.2. The van der Waals surface area contributed by atoms with Gasteiger partial charge in [0.1, 0.15) is 0 Å². The highest BCUT2D eigenvalue weighted by molar-refractivity contribution is 7.84. The van der Waals surface area contributed by atoms with Gasteiger partial charge >= 0.3 is 0 Å². The minimum absolute atomic E-state index is 0.515. The van der Waals surface area contributed by atoms with Crippen molar-refractivity contribution in [2.24, 2.45) is 0 Å². The van der Waals surface area contributed by atoms with Gasteiger partial charge in [0.25, 0.3) is 0 Å². The number of hydrogen-bond acceptors (Lipinski definition) is 3. The van der Waals surface area contributed by atoms with Gasteiger partial charge in [-0.1, -0.05) is 30.3 Å². The Bertz CT molecular complexity index is 752. The van der Waals surface area contributed by atoms with Crippen molar-refractivity contribution < 1.29 is 4.21 Å². The van der Waals surface area contributed by atoms with Crippen molar-refractivity contribution in [1.29, 1.82) is 0 Å². The van der Waals surface area contributed by atoms with Crippen molar-refractivity contribution in [3.05, 3.63) is 54.1 Å². The molecule has 0 aliphatic heterocycles. The number of aromatic amines is 1. The first kappa shape index (κ1) is 12.9. The molecule has 3 aromatic rings. The average molecular weight is 285 g/mol. The second-order valence-electron chi connectivity index (χ2n) is 4.60. The van der Waals surface area contributed by atoms with Gasteiger partial charge in [0.2, 0.25) is 0 Å². The lowest BCUT2D eigenvalue weighted by Crippen LogP contribution is -2.03. The molecule has 3 N–H and O–H groups in total. The molecular weight excluding hydrogens is 270 g/mol. The molecular formula is C15H15N3OS. The monoisotopic (exact) mass is 285 g/mol. The molecule has 3 rings (SSSR count). The molecule has 0 saturated heterocycles. The van der Waals surface area contributed by atoms with Gasteiger partial charge in [-0.3, -0.25) is 4.21 Å². The lowest BCUT2D eigenvalue weighted by molar-refractivity contribution is 0.677. The smallest absolute Gasteiger partial charge is 0.197 e. The summed E-state index contributed by atoms with van der Waals surface area (Å²) >= 11 is 0. The summed E-state index contributed by atoms with van der Waals surface area (Å²) in [4.78, 5) is 7.44. The first-order valence-corrected chi connectivity index (χ1v) is 7.72. The SMILES string of the molecule is Nc1ccc2nc(S(=O)CCc3ccccc3)[nH]c2c1. The maximum absolute atomic E-state index is 12.3. The van der Waals surface area contributed by atoms with E-state index >= 15 is 0 Å². The minimum Gasteiger partial charge on any atom is -0.399 e. The van der Waals surface area contributed by atoms with Crippen molar-refractivity contribution in [1.82, 2.24) is 9.97 Å². The van der Waals surface area contributed by atoms with Crippen LogP contribution in [-0.2, 0) is 17.2 Å². The number of hydrogen-bond donors (Lipinski definition) is 2. The molecule has 0 saturated carbocycles. The quantitative estimate of drug-likeness (QED) is 0.723. The summed E-state index contributed by atoms with van der Waals surface area (Å²) in [5.74, 6) is 0.555. The number of nitrogen functional groups attached to an aromatic ring is 1. The van der Waals surface area contributed by atoms with Gasteiger partial charge in [-0.05, 0) is 30.2 Å². The normalized spacial score (nSPS) is 12.6. The summed E-state index contributed by atoms with van der Waals surface area (Å²) in [7, 11) is -1.13. The van der Waals surface area contributed by atoms with E-state index in [4.69, 9.17) is 5.73 Å². The summed E-state index contributed by atoms with van der Waals surface area (Å²) in [6.07, 6.45) is 0.770. The van der Waals surface area contributed by atoms with Crippen LogP contribution in [0.15, 0.2) is 53.7 Å². The molecule has 1 atom stereocenters. The molecule has 2 aromatic carbocycles. The van der Waals surface area contributed by atoms with Gasteiger partial charge < -0.3 is 10.7 Å². The molecule has 4 nitrogen and oxygen atoms in total. The average Bonchev–Trinajstić information content (AvgIpc) is 2.89. The van der Waals surface area contributed by atoms with E-state index in [1.807, 2.05) is 36.4 Å². The van der Waals surface area contributed by atoms with Crippen molar-refractivity contribution in [3.8, 4) is 0 Å². The van der Waals surface area contributed by atoms with E-state index in [9.17, 15) is 4.21 Å². The molecule has 0 amide bonds. The summed E-state index contributed by atoms with van der Waals surface area (Å²) < 4.78 is 12.3. The fraction of sp³-hybridized carbons (Fsp3) is 0.133.